The summed E-state index contributed by atoms with van der Waals surface area (Å²) in [5.41, 5.74) is 2.83. The first-order valence-electron chi connectivity index (χ1n) is 13.9. The van der Waals surface area contributed by atoms with E-state index in [1.165, 1.54) is 5.56 Å². The van der Waals surface area contributed by atoms with E-state index in [1.807, 2.05) is 23.1 Å². The molecule has 0 spiro atoms. The van der Waals surface area contributed by atoms with E-state index in [9.17, 15) is 13.2 Å². The highest BCUT2D eigenvalue weighted by molar-refractivity contribution is 7.92. The summed E-state index contributed by atoms with van der Waals surface area (Å²) >= 11 is 0. The van der Waals surface area contributed by atoms with E-state index < -0.39 is 10.0 Å². The van der Waals surface area contributed by atoms with E-state index in [-0.39, 0.29) is 12.1 Å². The lowest BCUT2D eigenvalue weighted by Gasteiger charge is -2.38. The topological polar surface area (TPSA) is 115 Å². The monoisotopic (exact) mass is 575 g/mol. The van der Waals surface area contributed by atoms with Gasteiger partial charge in [-0.1, -0.05) is 31.5 Å². The lowest BCUT2D eigenvalue weighted by Crippen LogP contribution is -2.49. The molecule has 1 aliphatic rings. The Labute approximate surface area is 242 Å². The van der Waals surface area contributed by atoms with Crippen molar-refractivity contribution in [3.63, 3.8) is 0 Å². The van der Waals surface area contributed by atoms with Crippen molar-refractivity contribution in [2.45, 2.75) is 45.2 Å². The number of benzene rings is 3. The van der Waals surface area contributed by atoms with Gasteiger partial charge in [-0.05, 0) is 79.4 Å². The van der Waals surface area contributed by atoms with Gasteiger partial charge in [-0.15, -0.1) is 0 Å². The van der Waals surface area contributed by atoms with Gasteiger partial charge in [-0.25, -0.2) is 13.2 Å². The molecule has 0 radical (unpaired) electrons. The number of carbonyl (C=O) groups is 1. The van der Waals surface area contributed by atoms with Crippen molar-refractivity contribution in [3.8, 4) is 17.6 Å². The van der Waals surface area contributed by atoms with E-state index in [2.05, 4.69) is 40.1 Å². The minimum atomic E-state index is -3.32. The van der Waals surface area contributed by atoms with E-state index in [0.717, 1.165) is 51.6 Å². The number of unbranched alkanes of at least 4 members (excludes halogenated alkanes) is 1. The number of carbonyl (C=O) groups excluding carboxylic acids is 1. The molecular weight excluding hydrogens is 538 g/mol. The molecule has 9 nitrogen and oxygen atoms in total. The molecule has 2 amide bonds. The number of hydrogen-bond donors (Lipinski definition) is 2. The molecule has 2 N–H and O–H groups in total. The van der Waals surface area contributed by atoms with Crippen LogP contribution in [0.1, 0.15) is 43.7 Å². The van der Waals surface area contributed by atoms with Crippen molar-refractivity contribution in [2.75, 3.05) is 35.9 Å². The number of amides is 2. The Morgan fingerprint density at radius 2 is 1.68 bits per heavy atom. The van der Waals surface area contributed by atoms with Crippen LogP contribution < -0.4 is 14.8 Å². The van der Waals surface area contributed by atoms with Crippen LogP contribution in [0.2, 0.25) is 0 Å². The lowest BCUT2D eigenvalue weighted by atomic mass is 10.0. The highest BCUT2D eigenvalue weighted by Gasteiger charge is 2.28. The normalized spacial score (nSPS) is 14.2. The van der Waals surface area contributed by atoms with Crippen molar-refractivity contribution < 1.29 is 17.9 Å². The number of ether oxygens (including phenoxy) is 1. The van der Waals surface area contributed by atoms with Gasteiger partial charge >= 0.3 is 6.03 Å². The van der Waals surface area contributed by atoms with Gasteiger partial charge in [0.05, 0.1) is 17.9 Å². The zero-order valence-electron chi connectivity index (χ0n) is 23.5. The Hall–Kier alpha value is -4.07. The average Bonchev–Trinajstić information content (AvgIpc) is 2.95. The highest BCUT2D eigenvalue weighted by atomic mass is 32.2. The molecule has 0 unspecified atom stereocenters. The number of hydrogen-bond acceptors (Lipinski definition) is 6. The maximum absolute atomic E-state index is 13.2. The van der Waals surface area contributed by atoms with Crippen LogP contribution in [0, 0.1) is 11.3 Å². The Morgan fingerprint density at radius 3 is 2.29 bits per heavy atom. The minimum Gasteiger partial charge on any atom is -0.457 e. The Morgan fingerprint density at radius 1 is 1.02 bits per heavy atom. The van der Waals surface area contributed by atoms with Crippen LogP contribution in [-0.2, 0) is 16.6 Å². The molecule has 1 heterocycles. The van der Waals surface area contributed by atoms with Crippen LogP contribution in [0.4, 0.5) is 16.2 Å². The van der Waals surface area contributed by atoms with Crippen molar-refractivity contribution >= 4 is 27.4 Å². The van der Waals surface area contributed by atoms with Gasteiger partial charge in [0.15, 0.2) is 0 Å². The smallest absolute Gasteiger partial charge is 0.322 e. The largest absolute Gasteiger partial charge is 0.457 e. The number of sulfonamides is 1. The third-order valence-corrected chi connectivity index (χ3v) is 7.58. The van der Waals surface area contributed by atoms with E-state index in [4.69, 9.17) is 10.00 Å². The predicted molar refractivity (Wildman–Crippen MR) is 162 cm³/mol. The van der Waals surface area contributed by atoms with E-state index in [1.54, 1.807) is 42.5 Å². The molecule has 0 bridgehead atoms. The molecule has 3 aromatic carbocycles. The highest BCUT2D eigenvalue weighted by Crippen LogP contribution is 2.25. The molecular formula is C31H37N5O4S. The van der Waals surface area contributed by atoms with Crippen LogP contribution in [0.15, 0.2) is 72.8 Å². The third kappa shape index (κ3) is 9.23. The molecule has 10 heteroatoms. The fourth-order valence-electron chi connectivity index (χ4n) is 4.89. The van der Waals surface area contributed by atoms with Gasteiger partial charge < -0.3 is 15.0 Å². The van der Waals surface area contributed by atoms with E-state index in [0.29, 0.717) is 35.0 Å². The Balaban J connectivity index is 1.28. The van der Waals surface area contributed by atoms with Crippen LogP contribution in [0.3, 0.4) is 0 Å². The second-order valence-electron chi connectivity index (χ2n) is 10.3. The minimum absolute atomic E-state index is 0.108. The zero-order chi connectivity index (χ0) is 29.2. The van der Waals surface area contributed by atoms with Crippen LogP contribution in [0.5, 0.6) is 11.5 Å². The summed E-state index contributed by atoms with van der Waals surface area (Å²) < 4.78 is 31.1. The number of anilines is 2. The van der Waals surface area contributed by atoms with Gasteiger partial charge in [0.25, 0.3) is 0 Å². The van der Waals surface area contributed by atoms with E-state index >= 15 is 0 Å². The zero-order valence-corrected chi connectivity index (χ0v) is 24.4. The molecule has 41 heavy (non-hydrogen) atoms. The van der Waals surface area contributed by atoms with Crippen molar-refractivity contribution in [1.82, 2.24) is 9.80 Å². The first-order valence-corrected chi connectivity index (χ1v) is 15.8. The number of rotatable bonds is 11. The molecule has 0 aliphatic carbocycles. The predicted octanol–water partition coefficient (Wildman–Crippen LogP) is 6.02. The molecule has 0 aromatic heterocycles. The summed E-state index contributed by atoms with van der Waals surface area (Å²) in [4.78, 5) is 17.6. The van der Waals surface area contributed by atoms with Crippen molar-refractivity contribution in [2.24, 2.45) is 0 Å². The number of nitriles is 1. The van der Waals surface area contributed by atoms with Gasteiger partial charge in [0.1, 0.15) is 11.5 Å². The fraction of sp³-hybridized carbons (Fsp3) is 0.355. The maximum atomic E-state index is 13.2. The summed E-state index contributed by atoms with van der Waals surface area (Å²) in [6, 6.07) is 23.9. The summed E-state index contributed by atoms with van der Waals surface area (Å²) in [6.45, 7) is 5.46. The number of likely N-dealkylation sites (tertiary alicyclic amines) is 1. The van der Waals surface area contributed by atoms with Gasteiger partial charge in [0, 0.05) is 43.6 Å². The SMILES string of the molecule is CCCCN(C(=O)Nc1cccc(C#N)c1)C1CCN(Cc2ccc(Oc3ccc(NS(C)(=O)=O)cc3)cc2)CC1. The van der Waals surface area contributed by atoms with Crippen LogP contribution >= 0.6 is 0 Å². The van der Waals surface area contributed by atoms with Gasteiger partial charge in [-0.2, -0.15) is 5.26 Å². The quantitative estimate of drug-likeness (QED) is 0.289. The summed E-state index contributed by atoms with van der Waals surface area (Å²) in [6.07, 6.45) is 4.88. The lowest BCUT2D eigenvalue weighted by molar-refractivity contribution is 0.122. The number of nitrogens with one attached hydrogen (secondary N) is 2. The summed E-state index contributed by atoms with van der Waals surface area (Å²) in [7, 11) is -3.32. The molecule has 0 saturated carbocycles. The first kappa shape index (κ1) is 29.9. The molecule has 216 valence electrons. The third-order valence-electron chi connectivity index (χ3n) is 6.98. The Bertz CT molecular complexity index is 1450. The maximum Gasteiger partial charge on any atom is 0.322 e. The molecule has 1 fully saturated rings. The summed E-state index contributed by atoms with van der Waals surface area (Å²) in [5, 5.41) is 12.2. The molecule has 0 atom stereocenters. The fourth-order valence-corrected chi connectivity index (χ4v) is 5.46. The Kier molecular flexibility index (Phi) is 10.2. The molecule has 1 saturated heterocycles. The number of piperidine rings is 1. The second-order valence-corrected chi connectivity index (χ2v) is 12.1. The molecule has 1 aliphatic heterocycles. The van der Waals surface area contributed by atoms with Crippen LogP contribution in [0.25, 0.3) is 0 Å². The molecule has 3 aromatic rings. The van der Waals surface area contributed by atoms with Crippen LogP contribution in [-0.4, -0.2) is 56.2 Å². The average molecular weight is 576 g/mol. The van der Waals surface area contributed by atoms with Gasteiger partial charge in [-0.3, -0.25) is 9.62 Å². The standard InChI is InChI=1S/C31H37N5O4S/c1-3-4-18-36(31(37)33-27-7-5-6-25(21-27)22-32)28-16-19-35(20-17-28)23-24-8-12-29(13-9-24)40-30-14-10-26(11-15-30)34-41(2,38)39/h5-15,21,28,34H,3-4,16-20,23H2,1-2H3,(H,33,37). The van der Waals surface area contributed by atoms with Gasteiger partial charge in [0.2, 0.25) is 10.0 Å². The first-order chi connectivity index (χ1) is 19.7. The summed E-state index contributed by atoms with van der Waals surface area (Å²) in [5.74, 6) is 1.32. The van der Waals surface area contributed by atoms with Crippen molar-refractivity contribution in [3.05, 3.63) is 83.9 Å². The molecule has 4 rings (SSSR count). The second kappa shape index (κ2) is 14.0. The van der Waals surface area contributed by atoms with Crippen molar-refractivity contribution in [1.29, 1.82) is 5.26 Å². The number of urea groups is 1. The number of nitrogens with zero attached hydrogens (tertiary/aromatic N) is 3.